The molecule has 2 aliphatic carbocycles. The van der Waals surface area contributed by atoms with Gasteiger partial charge in [0.25, 0.3) is 5.91 Å². The molecule has 7 heteroatoms. The van der Waals surface area contributed by atoms with Crippen molar-refractivity contribution in [1.29, 1.82) is 0 Å². The van der Waals surface area contributed by atoms with Crippen molar-refractivity contribution in [1.82, 2.24) is 15.6 Å². The van der Waals surface area contributed by atoms with Crippen LogP contribution in [-0.4, -0.2) is 28.9 Å². The van der Waals surface area contributed by atoms with Crippen LogP contribution in [0.3, 0.4) is 0 Å². The van der Waals surface area contributed by atoms with Crippen molar-refractivity contribution in [3.05, 3.63) is 34.3 Å². The van der Waals surface area contributed by atoms with Gasteiger partial charge in [0.1, 0.15) is 0 Å². The Bertz CT molecular complexity index is 925. The molecule has 1 heterocycles. The lowest BCUT2D eigenvalue weighted by molar-refractivity contribution is -0.123. The first-order valence-electron chi connectivity index (χ1n) is 9.64. The molecule has 0 aliphatic heterocycles. The van der Waals surface area contributed by atoms with E-state index < -0.39 is 5.76 Å². The molecule has 1 aromatic carbocycles. The average Bonchev–Trinajstić information content (AvgIpc) is 3.19. The summed E-state index contributed by atoms with van der Waals surface area (Å²) in [5, 5.41) is 6.17. The van der Waals surface area contributed by atoms with Gasteiger partial charge in [-0.25, -0.2) is 4.79 Å². The molecule has 0 spiro atoms. The topological polar surface area (TPSA) is 104 Å². The summed E-state index contributed by atoms with van der Waals surface area (Å²) in [5.74, 6) is -0.716. The molecule has 2 aromatic rings. The van der Waals surface area contributed by atoms with Crippen LogP contribution in [0.25, 0.3) is 11.1 Å². The van der Waals surface area contributed by atoms with E-state index in [4.69, 9.17) is 4.42 Å². The maximum Gasteiger partial charge on any atom is 0.417 e. The number of carbonyl (C=O) groups is 2. The highest BCUT2D eigenvalue weighted by molar-refractivity contribution is 6.04. The maximum absolute atomic E-state index is 12.7. The predicted molar refractivity (Wildman–Crippen MR) is 100 cm³/mol. The van der Waals surface area contributed by atoms with Crippen LogP contribution >= 0.6 is 0 Å². The summed E-state index contributed by atoms with van der Waals surface area (Å²) in [7, 11) is 0. The molecule has 27 heavy (non-hydrogen) atoms. The molecule has 0 radical (unpaired) electrons. The highest BCUT2D eigenvalue weighted by atomic mass is 16.4. The van der Waals surface area contributed by atoms with E-state index >= 15 is 0 Å². The molecule has 4 rings (SSSR count). The Morgan fingerprint density at radius 2 is 1.96 bits per heavy atom. The van der Waals surface area contributed by atoms with Gasteiger partial charge in [0.15, 0.2) is 5.58 Å². The molecular weight excluding hydrogens is 346 g/mol. The zero-order valence-corrected chi connectivity index (χ0v) is 15.5. The van der Waals surface area contributed by atoms with Crippen molar-refractivity contribution >= 4 is 22.9 Å². The van der Waals surface area contributed by atoms with Crippen molar-refractivity contribution < 1.29 is 14.0 Å². The smallest absolute Gasteiger partial charge is 0.407 e. The first kappa shape index (κ1) is 17.8. The van der Waals surface area contributed by atoms with E-state index in [2.05, 4.69) is 22.5 Å². The van der Waals surface area contributed by atoms with Gasteiger partial charge in [-0.3, -0.25) is 14.6 Å². The molecule has 3 N–H and O–H groups in total. The standard InChI is InChI=1S/C20H25N3O4/c1-20(8-9-20)11-16(24)21-12-4-2-5-13(10-12)22-18(25)14-6-3-7-15-17(14)27-19(26)23-15/h3,6-7,12-13H,2,4-5,8-11H2,1H3,(H,21,24)(H,22,25)(H,23,26). The van der Waals surface area contributed by atoms with Crippen LogP contribution in [0.5, 0.6) is 0 Å². The molecule has 2 fully saturated rings. The number of rotatable bonds is 5. The Hall–Kier alpha value is -2.57. The van der Waals surface area contributed by atoms with Crippen molar-refractivity contribution in [3.63, 3.8) is 0 Å². The number of carbonyl (C=O) groups excluding carboxylic acids is 2. The normalized spacial score (nSPS) is 23.7. The van der Waals surface area contributed by atoms with Crippen LogP contribution in [0.4, 0.5) is 0 Å². The molecule has 2 unspecified atom stereocenters. The molecule has 2 saturated carbocycles. The molecule has 2 aliphatic rings. The van der Waals surface area contributed by atoms with Crippen LogP contribution in [0.2, 0.25) is 0 Å². The number of aromatic amines is 1. The van der Waals surface area contributed by atoms with E-state index in [-0.39, 0.29) is 34.9 Å². The van der Waals surface area contributed by atoms with Crippen molar-refractivity contribution in [2.24, 2.45) is 5.41 Å². The highest BCUT2D eigenvalue weighted by Crippen LogP contribution is 2.48. The SMILES string of the molecule is CC1(CC(=O)NC2CCCC(NC(=O)c3cccc4[nH]c(=O)oc34)C2)CC1. The number of fused-ring (bicyclic) bond motifs is 1. The minimum absolute atomic E-state index is 0.00557. The van der Waals surface area contributed by atoms with Gasteiger partial charge in [0.2, 0.25) is 5.91 Å². The van der Waals surface area contributed by atoms with Crippen LogP contribution in [0.1, 0.15) is 62.2 Å². The lowest BCUT2D eigenvalue weighted by Crippen LogP contribution is -2.46. The Balaban J connectivity index is 1.37. The van der Waals surface area contributed by atoms with Gasteiger partial charge < -0.3 is 15.1 Å². The molecular formula is C20H25N3O4. The summed E-state index contributed by atoms with van der Waals surface area (Å²) < 4.78 is 5.11. The number of H-pyrrole nitrogens is 1. The molecule has 2 amide bonds. The Labute approximate surface area is 156 Å². The number of para-hydroxylation sites is 1. The third-order valence-electron chi connectivity index (χ3n) is 5.76. The predicted octanol–water partition coefficient (Wildman–Crippen LogP) is 2.47. The maximum atomic E-state index is 12.7. The van der Waals surface area contributed by atoms with Crippen LogP contribution in [0, 0.1) is 5.41 Å². The third-order valence-corrected chi connectivity index (χ3v) is 5.76. The first-order chi connectivity index (χ1) is 12.9. The second kappa shape index (κ2) is 6.87. The van der Waals surface area contributed by atoms with Gasteiger partial charge in [-0.05, 0) is 56.1 Å². The van der Waals surface area contributed by atoms with E-state index in [0.717, 1.165) is 38.5 Å². The number of amides is 2. The zero-order valence-electron chi connectivity index (χ0n) is 15.5. The quantitative estimate of drug-likeness (QED) is 0.751. The largest absolute Gasteiger partial charge is 0.417 e. The van der Waals surface area contributed by atoms with Gasteiger partial charge in [0, 0.05) is 18.5 Å². The second-order valence-electron chi connectivity index (χ2n) is 8.29. The van der Waals surface area contributed by atoms with E-state index in [1.807, 2.05) is 0 Å². The van der Waals surface area contributed by atoms with Crippen LogP contribution in [-0.2, 0) is 4.79 Å². The fourth-order valence-corrected chi connectivity index (χ4v) is 3.92. The first-order valence-corrected chi connectivity index (χ1v) is 9.64. The summed E-state index contributed by atoms with van der Waals surface area (Å²) in [6.45, 7) is 2.15. The van der Waals surface area contributed by atoms with Crippen LogP contribution in [0.15, 0.2) is 27.4 Å². The van der Waals surface area contributed by atoms with E-state index in [1.54, 1.807) is 18.2 Å². The monoisotopic (exact) mass is 371 g/mol. The van der Waals surface area contributed by atoms with Gasteiger partial charge in [-0.15, -0.1) is 0 Å². The zero-order chi connectivity index (χ0) is 19.0. The third kappa shape index (κ3) is 4.07. The van der Waals surface area contributed by atoms with Gasteiger partial charge in [0.05, 0.1) is 11.1 Å². The Kier molecular flexibility index (Phi) is 4.53. The van der Waals surface area contributed by atoms with Crippen molar-refractivity contribution in [3.8, 4) is 0 Å². The fourth-order valence-electron chi connectivity index (χ4n) is 3.92. The number of benzene rings is 1. The van der Waals surface area contributed by atoms with Gasteiger partial charge >= 0.3 is 5.76 Å². The Morgan fingerprint density at radius 3 is 2.70 bits per heavy atom. The summed E-state index contributed by atoms with van der Waals surface area (Å²) >= 11 is 0. The van der Waals surface area contributed by atoms with E-state index in [1.165, 1.54) is 0 Å². The van der Waals surface area contributed by atoms with Gasteiger partial charge in [-0.2, -0.15) is 0 Å². The summed E-state index contributed by atoms with van der Waals surface area (Å²) in [5.41, 5.74) is 1.33. The molecule has 0 saturated heterocycles. The Morgan fingerprint density at radius 1 is 1.22 bits per heavy atom. The van der Waals surface area contributed by atoms with Crippen LogP contribution < -0.4 is 16.4 Å². The summed E-state index contributed by atoms with van der Waals surface area (Å²) in [6.07, 6.45) is 6.35. The van der Waals surface area contributed by atoms with Crippen molar-refractivity contribution in [2.75, 3.05) is 0 Å². The molecule has 0 bridgehead atoms. The minimum atomic E-state index is -0.574. The number of hydrogen-bond acceptors (Lipinski definition) is 4. The summed E-state index contributed by atoms with van der Waals surface area (Å²) in [4.78, 5) is 38.9. The second-order valence-corrected chi connectivity index (χ2v) is 8.29. The van der Waals surface area contributed by atoms with Crippen molar-refractivity contribution in [2.45, 2.75) is 64.0 Å². The lowest BCUT2D eigenvalue weighted by Gasteiger charge is -2.30. The minimum Gasteiger partial charge on any atom is -0.407 e. The highest BCUT2D eigenvalue weighted by Gasteiger charge is 2.39. The lowest BCUT2D eigenvalue weighted by atomic mass is 9.90. The molecule has 7 nitrogen and oxygen atoms in total. The fraction of sp³-hybridized carbons (Fsp3) is 0.550. The molecule has 2 atom stereocenters. The molecule has 144 valence electrons. The number of hydrogen-bond donors (Lipinski definition) is 3. The number of oxazole rings is 1. The van der Waals surface area contributed by atoms with E-state index in [0.29, 0.717) is 17.5 Å². The molecule has 1 aromatic heterocycles. The summed E-state index contributed by atoms with van der Waals surface area (Å²) in [6, 6.07) is 5.15. The number of nitrogens with one attached hydrogen (secondary N) is 3. The number of aromatic nitrogens is 1. The van der Waals surface area contributed by atoms with E-state index in [9.17, 15) is 14.4 Å². The van der Waals surface area contributed by atoms with Gasteiger partial charge in [-0.1, -0.05) is 13.0 Å². The average molecular weight is 371 g/mol.